The van der Waals surface area contributed by atoms with Crippen LogP contribution in [0.25, 0.3) is 0 Å². The van der Waals surface area contributed by atoms with E-state index in [1.165, 1.54) is 33.6 Å². The van der Waals surface area contributed by atoms with Crippen molar-refractivity contribution in [2.45, 2.75) is 118 Å². The maximum atomic E-state index is 9.81. The molecule has 0 aliphatic carbocycles. The Morgan fingerprint density at radius 1 is 0.462 bits per heavy atom. The van der Waals surface area contributed by atoms with Gasteiger partial charge in [-0.05, 0) is 174 Å². The molecule has 6 heteroatoms. The minimum atomic E-state index is -0.00739. The molecule has 0 amide bonds. The third-order valence-corrected chi connectivity index (χ3v) is 9.27. The highest BCUT2D eigenvalue weighted by Crippen LogP contribution is 2.34. The van der Waals surface area contributed by atoms with Gasteiger partial charge in [-0.3, -0.25) is 4.90 Å². The van der Waals surface area contributed by atoms with Crippen molar-refractivity contribution in [2.24, 2.45) is 0 Å². The lowest BCUT2D eigenvalue weighted by molar-refractivity contribution is 0.133. The fourth-order valence-electron chi connectivity index (χ4n) is 7.87. The van der Waals surface area contributed by atoms with E-state index in [4.69, 9.17) is 0 Å². The first-order chi connectivity index (χ1) is 24.1. The normalized spacial score (nSPS) is 12.6. The molecule has 0 unspecified atom stereocenters. The van der Waals surface area contributed by atoms with Crippen molar-refractivity contribution in [1.82, 2.24) is 4.90 Å². The van der Waals surface area contributed by atoms with Crippen molar-refractivity contribution in [3.05, 3.63) is 119 Å². The predicted octanol–water partition coefficient (Wildman–Crippen LogP) is 10.4. The number of rotatable bonds is 13. The predicted molar refractivity (Wildman–Crippen MR) is 226 cm³/mol. The third kappa shape index (κ3) is 11.2. The molecular weight excluding hydrogens is 639 g/mol. The summed E-state index contributed by atoms with van der Waals surface area (Å²) in [4.78, 5) is 9.13. The van der Waals surface area contributed by atoms with Gasteiger partial charge >= 0.3 is 0 Å². The van der Waals surface area contributed by atoms with Crippen LogP contribution in [0.2, 0.25) is 0 Å². The summed E-state index contributed by atoms with van der Waals surface area (Å²) in [6.45, 7) is 28.5. The van der Waals surface area contributed by atoms with Crippen LogP contribution >= 0.6 is 0 Å². The van der Waals surface area contributed by atoms with E-state index in [1.807, 2.05) is 11.9 Å². The molecule has 0 bridgehead atoms. The van der Waals surface area contributed by atoms with Gasteiger partial charge < -0.3 is 25.1 Å². The summed E-state index contributed by atoms with van der Waals surface area (Å²) in [5, 5.41) is 13.4. The van der Waals surface area contributed by atoms with Crippen molar-refractivity contribution >= 4 is 22.7 Å². The SMILES string of the molecule is CN(CO)CN(CNc1ccc(Cc2ccc(N(C(C)(C)C)C(C)(C)C)cc2)cc1)c1ccc(Cc2ccc(N(C(C)(C)C)C(C)(C)C)cc2)cc1. The van der Waals surface area contributed by atoms with E-state index in [0.29, 0.717) is 13.3 Å². The van der Waals surface area contributed by atoms with Gasteiger partial charge in [0.1, 0.15) is 0 Å². The van der Waals surface area contributed by atoms with Crippen LogP contribution in [0.1, 0.15) is 105 Å². The van der Waals surface area contributed by atoms with E-state index in [9.17, 15) is 5.11 Å². The minimum absolute atomic E-state index is 0.00739. The van der Waals surface area contributed by atoms with Gasteiger partial charge in [0.25, 0.3) is 0 Å². The second-order valence-corrected chi connectivity index (χ2v) is 18.4. The van der Waals surface area contributed by atoms with Crippen LogP contribution in [0.15, 0.2) is 97.1 Å². The number of nitrogens with one attached hydrogen (secondary N) is 1. The number of anilines is 4. The molecule has 0 heterocycles. The molecule has 282 valence electrons. The Morgan fingerprint density at radius 2 is 0.769 bits per heavy atom. The number of hydrogen-bond acceptors (Lipinski definition) is 6. The Morgan fingerprint density at radius 3 is 1.08 bits per heavy atom. The summed E-state index contributed by atoms with van der Waals surface area (Å²) in [7, 11) is 1.93. The summed E-state index contributed by atoms with van der Waals surface area (Å²) < 4.78 is 0. The Bertz CT molecular complexity index is 1640. The van der Waals surface area contributed by atoms with Gasteiger partial charge in [0.2, 0.25) is 0 Å². The fraction of sp³-hybridized carbons (Fsp3) is 0.478. The maximum Gasteiger partial charge on any atom is 0.0967 e. The first-order valence-electron chi connectivity index (χ1n) is 18.9. The van der Waals surface area contributed by atoms with Crippen LogP contribution in [0, 0.1) is 0 Å². The van der Waals surface area contributed by atoms with Gasteiger partial charge in [-0.25, -0.2) is 0 Å². The van der Waals surface area contributed by atoms with Gasteiger partial charge in [0.15, 0.2) is 0 Å². The lowest BCUT2D eigenvalue weighted by atomic mass is 9.94. The van der Waals surface area contributed by atoms with Crippen molar-refractivity contribution < 1.29 is 5.11 Å². The fourth-order valence-corrected chi connectivity index (χ4v) is 7.87. The van der Waals surface area contributed by atoms with Crippen LogP contribution in [0.4, 0.5) is 22.7 Å². The Kier molecular flexibility index (Phi) is 12.8. The van der Waals surface area contributed by atoms with Gasteiger partial charge in [-0.2, -0.15) is 0 Å². The van der Waals surface area contributed by atoms with E-state index in [1.54, 1.807) is 0 Å². The minimum Gasteiger partial charge on any atom is -0.381 e. The molecule has 0 saturated carbocycles. The average molecular weight is 706 g/mol. The largest absolute Gasteiger partial charge is 0.381 e. The molecule has 4 aromatic rings. The van der Waals surface area contributed by atoms with Crippen LogP contribution in [0.3, 0.4) is 0 Å². The molecule has 0 spiro atoms. The number of benzene rings is 4. The Hall–Kier alpha value is -4.00. The van der Waals surface area contributed by atoms with E-state index in [-0.39, 0.29) is 28.9 Å². The van der Waals surface area contributed by atoms with Gasteiger partial charge in [-0.1, -0.05) is 48.5 Å². The van der Waals surface area contributed by atoms with E-state index in [0.717, 1.165) is 24.2 Å². The summed E-state index contributed by atoms with van der Waals surface area (Å²) >= 11 is 0. The van der Waals surface area contributed by atoms with Gasteiger partial charge in [0, 0.05) is 44.9 Å². The summed E-state index contributed by atoms with van der Waals surface area (Å²) in [5.74, 6) is 0. The zero-order valence-corrected chi connectivity index (χ0v) is 34.5. The number of aliphatic hydroxyl groups is 1. The molecular formula is C46H67N5O. The molecule has 0 fully saturated rings. The van der Waals surface area contributed by atoms with E-state index >= 15 is 0 Å². The Balaban J connectivity index is 1.39. The van der Waals surface area contributed by atoms with Crippen molar-refractivity contribution in [2.75, 3.05) is 47.1 Å². The maximum absolute atomic E-state index is 9.81. The first-order valence-corrected chi connectivity index (χ1v) is 18.9. The molecule has 0 aliphatic heterocycles. The van der Waals surface area contributed by atoms with Crippen LogP contribution in [0.5, 0.6) is 0 Å². The molecule has 0 atom stereocenters. The van der Waals surface area contributed by atoms with Crippen molar-refractivity contribution in [1.29, 1.82) is 0 Å². The van der Waals surface area contributed by atoms with Gasteiger partial charge in [-0.15, -0.1) is 0 Å². The first kappa shape index (κ1) is 40.8. The Labute approximate surface area is 316 Å². The molecule has 52 heavy (non-hydrogen) atoms. The van der Waals surface area contributed by atoms with Crippen LogP contribution in [-0.4, -0.2) is 59.3 Å². The average Bonchev–Trinajstić information content (AvgIpc) is 3.03. The zero-order chi connectivity index (χ0) is 38.5. The highest BCUT2D eigenvalue weighted by molar-refractivity contribution is 5.55. The third-order valence-electron chi connectivity index (χ3n) is 9.27. The quantitative estimate of drug-likeness (QED) is 0.135. The number of hydrogen-bond donors (Lipinski definition) is 2. The second-order valence-electron chi connectivity index (χ2n) is 18.4. The lowest BCUT2D eigenvalue weighted by Gasteiger charge is -2.47. The molecule has 6 nitrogen and oxygen atoms in total. The van der Waals surface area contributed by atoms with Gasteiger partial charge in [0.05, 0.1) is 20.1 Å². The molecule has 0 saturated heterocycles. The molecule has 0 aromatic heterocycles. The van der Waals surface area contributed by atoms with E-state index < -0.39 is 0 Å². The molecule has 2 N–H and O–H groups in total. The summed E-state index contributed by atoms with van der Waals surface area (Å²) in [6.07, 6.45) is 1.77. The van der Waals surface area contributed by atoms with Crippen LogP contribution < -0.4 is 20.0 Å². The van der Waals surface area contributed by atoms with Crippen molar-refractivity contribution in [3.63, 3.8) is 0 Å². The smallest absolute Gasteiger partial charge is 0.0967 e. The zero-order valence-electron chi connectivity index (χ0n) is 34.5. The monoisotopic (exact) mass is 706 g/mol. The molecule has 4 rings (SSSR count). The standard InChI is InChI=1S/C46H67N5O/c1-43(2,3)50(44(4,5)6)41-26-18-37(19-27-41)30-35-14-22-39(23-15-35)47-32-49(33-48(13)34-52)40-24-16-36(17-25-40)31-38-20-28-42(29-21-38)51(45(7,8)9)46(10,11)12/h14-29,47,52H,30-34H2,1-13H3. The lowest BCUT2D eigenvalue weighted by Crippen LogP contribution is -2.53. The van der Waals surface area contributed by atoms with Crippen LogP contribution in [-0.2, 0) is 12.8 Å². The highest BCUT2D eigenvalue weighted by atomic mass is 16.3. The molecule has 4 aromatic carbocycles. The molecule has 0 aliphatic rings. The summed E-state index contributed by atoms with van der Waals surface area (Å²) in [6, 6.07) is 35.6. The second kappa shape index (κ2) is 16.3. The molecule has 0 radical (unpaired) electrons. The topological polar surface area (TPSA) is 45.2 Å². The summed E-state index contributed by atoms with van der Waals surface area (Å²) in [5.41, 5.74) is 9.95. The number of aliphatic hydroxyl groups excluding tert-OH is 1. The van der Waals surface area contributed by atoms with Crippen molar-refractivity contribution in [3.8, 4) is 0 Å². The number of nitrogens with zero attached hydrogens (tertiary/aromatic N) is 4. The highest BCUT2D eigenvalue weighted by Gasteiger charge is 2.32. The van der Waals surface area contributed by atoms with E-state index in [2.05, 4.69) is 200 Å².